The smallest absolute Gasteiger partial charge is 0.343 e. The predicted molar refractivity (Wildman–Crippen MR) is 120 cm³/mol. The van der Waals surface area contributed by atoms with Crippen LogP contribution in [0.25, 0.3) is 0 Å². The Morgan fingerprint density at radius 1 is 1.00 bits per heavy atom. The van der Waals surface area contributed by atoms with E-state index in [0.717, 1.165) is 17.3 Å². The summed E-state index contributed by atoms with van der Waals surface area (Å²) < 4.78 is 12.1. The van der Waals surface area contributed by atoms with Crippen molar-refractivity contribution in [3.8, 4) is 11.5 Å². The average molecular weight is 453 g/mol. The second-order valence-electron chi connectivity index (χ2n) is 7.00. The Morgan fingerprint density at radius 3 is 2.38 bits per heavy atom. The molecule has 0 aliphatic rings. The molecule has 0 aliphatic carbocycles. The van der Waals surface area contributed by atoms with Crippen LogP contribution in [0.5, 0.6) is 11.5 Å². The average Bonchev–Trinajstić information content (AvgIpc) is 2.75. The first-order valence-electron chi connectivity index (χ1n) is 9.85. The molecule has 0 aromatic heterocycles. The summed E-state index contributed by atoms with van der Waals surface area (Å²) in [6.45, 7) is 4.91. The summed E-state index contributed by atoms with van der Waals surface area (Å²) in [7, 11) is 0. The molecule has 3 aromatic carbocycles. The summed E-state index contributed by atoms with van der Waals surface area (Å²) in [4.78, 5) is 12.5. The Hall–Kier alpha value is -2.59. The normalized spacial score (nSPS) is 11.7. The summed E-state index contributed by atoms with van der Waals surface area (Å²) in [5.74, 6) is 1.35. The van der Waals surface area contributed by atoms with Crippen molar-refractivity contribution < 1.29 is 14.3 Å². The summed E-state index contributed by atoms with van der Waals surface area (Å²) in [5, 5.41) is 0. The second-order valence-corrected chi connectivity index (χ2v) is 7.85. The number of ether oxygens (including phenoxy) is 2. The van der Waals surface area contributed by atoms with Crippen molar-refractivity contribution in [2.45, 2.75) is 32.6 Å². The Balaban J connectivity index is 1.58. The molecule has 3 nitrogen and oxygen atoms in total. The number of rotatable bonds is 8. The van der Waals surface area contributed by atoms with E-state index in [2.05, 4.69) is 41.9 Å². The van der Waals surface area contributed by atoms with Gasteiger partial charge in [0.05, 0.1) is 16.6 Å². The van der Waals surface area contributed by atoms with Gasteiger partial charge in [-0.2, -0.15) is 0 Å². The van der Waals surface area contributed by atoms with Crippen LogP contribution < -0.4 is 9.47 Å². The van der Waals surface area contributed by atoms with Gasteiger partial charge in [-0.15, -0.1) is 0 Å². The van der Waals surface area contributed by atoms with Crippen LogP contribution in [-0.2, 0) is 6.42 Å². The van der Waals surface area contributed by atoms with Crippen molar-refractivity contribution in [1.29, 1.82) is 0 Å². The number of benzene rings is 3. The van der Waals surface area contributed by atoms with Gasteiger partial charge in [-0.05, 0) is 69.7 Å². The van der Waals surface area contributed by atoms with Gasteiger partial charge in [-0.25, -0.2) is 4.79 Å². The molecule has 0 saturated heterocycles. The van der Waals surface area contributed by atoms with Crippen molar-refractivity contribution in [3.63, 3.8) is 0 Å². The number of carbonyl (C=O) groups excluding carboxylic acids is 1. The first-order chi connectivity index (χ1) is 14.1. The highest BCUT2D eigenvalue weighted by Crippen LogP contribution is 2.27. The second kappa shape index (κ2) is 10.3. The maximum atomic E-state index is 12.5. The number of esters is 1. The van der Waals surface area contributed by atoms with Gasteiger partial charge >= 0.3 is 5.97 Å². The quantitative estimate of drug-likeness (QED) is 0.278. The molecule has 3 rings (SSSR count). The lowest BCUT2D eigenvalue weighted by atomic mass is 9.99. The molecule has 0 heterocycles. The summed E-state index contributed by atoms with van der Waals surface area (Å²) >= 11 is 3.49. The third-order valence-electron chi connectivity index (χ3n) is 4.93. The standard InChI is InChI=1S/C25H25BrO3/c1-3-18(2)20-9-12-22(13-10-20)29-25(27)21-11-14-24(23(26)17-21)28-16-15-19-7-5-4-6-8-19/h4-14,17-18H,3,15-16H2,1-2H3. The molecule has 4 heteroatoms. The fourth-order valence-electron chi connectivity index (χ4n) is 2.93. The first-order valence-corrected chi connectivity index (χ1v) is 10.6. The van der Waals surface area contributed by atoms with Gasteiger partial charge in [0.1, 0.15) is 11.5 Å². The topological polar surface area (TPSA) is 35.5 Å². The van der Waals surface area contributed by atoms with Gasteiger partial charge in [0, 0.05) is 6.42 Å². The van der Waals surface area contributed by atoms with E-state index in [1.54, 1.807) is 18.2 Å². The highest BCUT2D eigenvalue weighted by Gasteiger charge is 2.12. The molecule has 1 atom stereocenters. The lowest BCUT2D eigenvalue weighted by molar-refractivity contribution is 0.0734. The number of hydrogen-bond donors (Lipinski definition) is 0. The summed E-state index contributed by atoms with van der Waals surface area (Å²) in [6.07, 6.45) is 1.90. The minimum atomic E-state index is -0.391. The van der Waals surface area contributed by atoms with E-state index in [4.69, 9.17) is 9.47 Å². The van der Waals surface area contributed by atoms with Crippen LogP contribution in [0.3, 0.4) is 0 Å². The van der Waals surface area contributed by atoms with Gasteiger partial charge in [-0.1, -0.05) is 56.3 Å². The largest absolute Gasteiger partial charge is 0.492 e. The van der Waals surface area contributed by atoms with Crippen molar-refractivity contribution in [2.75, 3.05) is 6.61 Å². The van der Waals surface area contributed by atoms with Crippen molar-refractivity contribution in [2.24, 2.45) is 0 Å². The molecule has 0 aliphatic heterocycles. The maximum absolute atomic E-state index is 12.5. The van der Waals surface area contributed by atoms with Crippen molar-refractivity contribution in [1.82, 2.24) is 0 Å². The lowest BCUT2D eigenvalue weighted by Gasteiger charge is -2.11. The zero-order valence-corrected chi connectivity index (χ0v) is 18.3. The lowest BCUT2D eigenvalue weighted by Crippen LogP contribution is -2.09. The van der Waals surface area contributed by atoms with Gasteiger partial charge in [-0.3, -0.25) is 0 Å². The molecule has 0 radical (unpaired) electrons. The minimum absolute atomic E-state index is 0.391. The molecule has 0 N–H and O–H groups in total. The van der Waals surface area contributed by atoms with Crippen LogP contribution in [0.2, 0.25) is 0 Å². The van der Waals surface area contributed by atoms with E-state index in [0.29, 0.717) is 29.6 Å². The molecule has 29 heavy (non-hydrogen) atoms. The molecular formula is C25H25BrO3. The zero-order chi connectivity index (χ0) is 20.6. The Kier molecular flexibility index (Phi) is 7.48. The van der Waals surface area contributed by atoms with Gasteiger partial charge in [0.2, 0.25) is 0 Å². The number of hydrogen-bond acceptors (Lipinski definition) is 3. The molecule has 1 unspecified atom stereocenters. The van der Waals surface area contributed by atoms with Crippen LogP contribution in [-0.4, -0.2) is 12.6 Å². The molecule has 0 fully saturated rings. The highest BCUT2D eigenvalue weighted by atomic mass is 79.9. The van der Waals surface area contributed by atoms with E-state index in [1.807, 2.05) is 42.5 Å². The third-order valence-corrected chi connectivity index (χ3v) is 5.55. The first kappa shape index (κ1) is 21.1. The highest BCUT2D eigenvalue weighted by molar-refractivity contribution is 9.10. The SMILES string of the molecule is CCC(C)c1ccc(OC(=O)c2ccc(OCCc3ccccc3)c(Br)c2)cc1. The molecule has 0 saturated carbocycles. The van der Waals surface area contributed by atoms with Gasteiger partial charge < -0.3 is 9.47 Å². The monoisotopic (exact) mass is 452 g/mol. The Labute approximate surface area is 180 Å². The van der Waals surface area contributed by atoms with Crippen LogP contribution in [0.1, 0.15) is 47.7 Å². The van der Waals surface area contributed by atoms with Crippen molar-refractivity contribution in [3.05, 3.63) is 94.0 Å². The Bertz CT molecular complexity index is 936. The maximum Gasteiger partial charge on any atom is 0.343 e. The minimum Gasteiger partial charge on any atom is -0.492 e. The third kappa shape index (κ3) is 5.94. The molecule has 0 spiro atoms. The predicted octanol–water partition coefficient (Wildman–Crippen LogP) is 6.80. The molecule has 0 bridgehead atoms. The Morgan fingerprint density at radius 2 is 1.72 bits per heavy atom. The summed E-state index contributed by atoms with van der Waals surface area (Å²) in [5.41, 5.74) is 2.94. The van der Waals surface area contributed by atoms with E-state index in [9.17, 15) is 4.79 Å². The molecular weight excluding hydrogens is 428 g/mol. The molecule has 0 amide bonds. The van der Waals surface area contributed by atoms with Crippen LogP contribution in [0, 0.1) is 0 Å². The van der Waals surface area contributed by atoms with E-state index < -0.39 is 5.97 Å². The van der Waals surface area contributed by atoms with E-state index in [1.165, 1.54) is 11.1 Å². The van der Waals surface area contributed by atoms with Crippen LogP contribution >= 0.6 is 15.9 Å². The zero-order valence-electron chi connectivity index (χ0n) is 16.7. The van der Waals surface area contributed by atoms with Gasteiger partial charge in [0.25, 0.3) is 0 Å². The van der Waals surface area contributed by atoms with Gasteiger partial charge in [0.15, 0.2) is 0 Å². The van der Waals surface area contributed by atoms with Crippen molar-refractivity contribution >= 4 is 21.9 Å². The molecule has 150 valence electrons. The molecule has 3 aromatic rings. The number of carbonyl (C=O) groups is 1. The fourth-order valence-corrected chi connectivity index (χ4v) is 3.43. The van der Waals surface area contributed by atoms with Crippen LogP contribution in [0.4, 0.5) is 0 Å². The van der Waals surface area contributed by atoms with E-state index in [-0.39, 0.29) is 0 Å². The summed E-state index contributed by atoms with van der Waals surface area (Å²) in [6, 6.07) is 23.1. The number of halogens is 1. The fraction of sp³-hybridized carbons (Fsp3) is 0.240. The van der Waals surface area contributed by atoms with E-state index >= 15 is 0 Å². The van der Waals surface area contributed by atoms with Crippen LogP contribution in [0.15, 0.2) is 77.3 Å².